The summed E-state index contributed by atoms with van der Waals surface area (Å²) in [5, 5.41) is 18.5. The Kier molecular flexibility index (Phi) is 9.67. The largest absolute Gasteiger partial charge is 0.507 e. The Bertz CT molecular complexity index is 893. The molecule has 7 heteroatoms. The third-order valence-electron chi connectivity index (χ3n) is 4.88. The Morgan fingerprint density at radius 1 is 0.833 bits per heavy atom. The van der Waals surface area contributed by atoms with Gasteiger partial charge in [0.05, 0.1) is 17.3 Å². The van der Waals surface area contributed by atoms with Crippen LogP contribution in [-0.2, 0) is 9.84 Å². The summed E-state index contributed by atoms with van der Waals surface area (Å²) in [6.07, 6.45) is 7.82. The van der Waals surface area contributed by atoms with Gasteiger partial charge in [-0.25, -0.2) is 13.2 Å². The lowest BCUT2D eigenvalue weighted by atomic mass is 10.1. The van der Waals surface area contributed by atoms with Gasteiger partial charge in [-0.2, -0.15) is 0 Å². The molecule has 0 heterocycles. The van der Waals surface area contributed by atoms with Crippen LogP contribution in [-0.4, -0.2) is 37.0 Å². The van der Waals surface area contributed by atoms with Gasteiger partial charge in [0.2, 0.25) is 0 Å². The first-order chi connectivity index (χ1) is 14.4. The average molecular weight is 435 g/mol. The van der Waals surface area contributed by atoms with E-state index in [0.29, 0.717) is 23.7 Å². The maximum Gasteiger partial charge on any atom is 0.339 e. The molecular formula is C23H30O6S. The van der Waals surface area contributed by atoms with Crippen molar-refractivity contribution in [3.05, 3.63) is 54.1 Å². The van der Waals surface area contributed by atoms with Gasteiger partial charge >= 0.3 is 5.97 Å². The molecule has 0 bridgehead atoms. The van der Waals surface area contributed by atoms with E-state index < -0.39 is 15.8 Å². The molecule has 6 nitrogen and oxygen atoms in total. The Hall–Kier alpha value is -2.54. The van der Waals surface area contributed by atoms with Crippen LogP contribution in [0.15, 0.2) is 53.4 Å². The summed E-state index contributed by atoms with van der Waals surface area (Å²) in [5.41, 5.74) is -0.163. The van der Waals surface area contributed by atoms with Gasteiger partial charge in [-0.05, 0) is 43.2 Å². The molecule has 2 N–H and O–H groups in total. The third kappa shape index (κ3) is 8.06. The summed E-state index contributed by atoms with van der Waals surface area (Å²) in [7, 11) is -3.16. The van der Waals surface area contributed by atoms with E-state index in [0.717, 1.165) is 44.9 Å². The minimum Gasteiger partial charge on any atom is -0.507 e. The Morgan fingerprint density at radius 2 is 1.43 bits per heavy atom. The summed E-state index contributed by atoms with van der Waals surface area (Å²) in [6, 6.07) is 12.8. The van der Waals surface area contributed by atoms with Gasteiger partial charge in [-0.1, -0.05) is 56.7 Å². The van der Waals surface area contributed by atoms with E-state index >= 15 is 0 Å². The molecule has 0 unspecified atom stereocenters. The van der Waals surface area contributed by atoms with Crippen LogP contribution in [0.1, 0.15) is 61.7 Å². The van der Waals surface area contributed by atoms with Crippen LogP contribution in [0.5, 0.6) is 11.5 Å². The fourth-order valence-electron chi connectivity index (χ4n) is 3.17. The number of carbonyl (C=O) groups is 1. The Balaban J connectivity index is 1.49. The number of carboxylic acid groups (broad SMARTS) is 1. The summed E-state index contributed by atoms with van der Waals surface area (Å²) >= 11 is 0. The summed E-state index contributed by atoms with van der Waals surface area (Å²) < 4.78 is 29.9. The van der Waals surface area contributed by atoms with Crippen molar-refractivity contribution in [1.29, 1.82) is 0 Å². The van der Waals surface area contributed by atoms with E-state index in [-0.39, 0.29) is 17.1 Å². The van der Waals surface area contributed by atoms with E-state index in [1.165, 1.54) is 12.1 Å². The third-order valence-corrected chi connectivity index (χ3v) is 6.69. The number of hydrogen-bond donors (Lipinski definition) is 2. The number of unbranched alkanes of at least 4 members (excludes halogenated alkanes) is 7. The highest BCUT2D eigenvalue weighted by molar-refractivity contribution is 7.91. The number of hydrogen-bond acceptors (Lipinski definition) is 5. The first kappa shape index (κ1) is 23.7. The fourth-order valence-corrected chi connectivity index (χ4v) is 4.56. The van der Waals surface area contributed by atoms with E-state index in [1.807, 2.05) is 6.07 Å². The maximum absolute atomic E-state index is 12.2. The molecule has 0 saturated carbocycles. The van der Waals surface area contributed by atoms with E-state index in [9.17, 15) is 18.3 Å². The molecule has 0 saturated heterocycles. The van der Waals surface area contributed by atoms with Crippen LogP contribution in [0.25, 0.3) is 0 Å². The molecule has 0 atom stereocenters. The number of phenols is 1. The van der Waals surface area contributed by atoms with Crippen molar-refractivity contribution in [3.8, 4) is 11.5 Å². The molecule has 0 radical (unpaired) electrons. The predicted molar refractivity (Wildman–Crippen MR) is 116 cm³/mol. The van der Waals surface area contributed by atoms with Crippen LogP contribution in [0.4, 0.5) is 0 Å². The second-order valence-electron chi connectivity index (χ2n) is 7.29. The zero-order valence-electron chi connectivity index (χ0n) is 17.1. The van der Waals surface area contributed by atoms with Gasteiger partial charge < -0.3 is 14.9 Å². The molecule has 2 aromatic carbocycles. The van der Waals surface area contributed by atoms with Crippen molar-refractivity contribution in [2.75, 3.05) is 12.4 Å². The molecule has 0 aliphatic rings. The van der Waals surface area contributed by atoms with Crippen molar-refractivity contribution < 1.29 is 28.2 Å². The van der Waals surface area contributed by atoms with E-state index in [4.69, 9.17) is 9.84 Å². The minimum atomic E-state index is -3.16. The lowest BCUT2D eigenvalue weighted by Crippen LogP contribution is -2.06. The first-order valence-electron chi connectivity index (χ1n) is 10.4. The number of aromatic hydroxyl groups is 1. The SMILES string of the molecule is O=C(O)c1cc(OCCCCCCCCCCS(=O)(=O)c2ccccc2)ccc1O. The van der Waals surface area contributed by atoms with Crippen LogP contribution < -0.4 is 4.74 Å². The topological polar surface area (TPSA) is 101 Å². The summed E-state index contributed by atoms with van der Waals surface area (Å²) in [5.74, 6) is -0.811. The molecule has 0 fully saturated rings. The van der Waals surface area contributed by atoms with Gasteiger partial charge in [0.15, 0.2) is 9.84 Å². The number of rotatable bonds is 14. The molecule has 2 aromatic rings. The smallest absolute Gasteiger partial charge is 0.339 e. The van der Waals surface area contributed by atoms with E-state index in [1.54, 1.807) is 30.3 Å². The van der Waals surface area contributed by atoms with Crippen molar-refractivity contribution >= 4 is 15.8 Å². The molecule has 0 amide bonds. The number of aromatic carboxylic acids is 1. The van der Waals surface area contributed by atoms with Crippen molar-refractivity contribution in [2.24, 2.45) is 0 Å². The monoisotopic (exact) mass is 434 g/mol. The van der Waals surface area contributed by atoms with E-state index in [2.05, 4.69) is 0 Å². The summed E-state index contributed by atoms with van der Waals surface area (Å²) in [6.45, 7) is 0.501. The lowest BCUT2D eigenvalue weighted by molar-refractivity contribution is 0.0693. The van der Waals surface area contributed by atoms with Gasteiger partial charge in [-0.3, -0.25) is 0 Å². The molecule has 0 aliphatic carbocycles. The molecule has 0 aliphatic heterocycles. The number of carboxylic acids is 1. The lowest BCUT2D eigenvalue weighted by Gasteiger charge is -2.08. The van der Waals surface area contributed by atoms with Gasteiger partial charge in [0, 0.05) is 0 Å². The van der Waals surface area contributed by atoms with Gasteiger partial charge in [0.25, 0.3) is 0 Å². The van der Waals surface area contributed by atoms with Crippen molar-refractivity contribution in [3.63, 3.8) is 0 Å². The van der Waals surface area contributed by atoms with Crippen molar-refractivity contribution in [1.82, 2.24) is 0 Å². The average Bonchev–Trinajstić information content (AvgIpc) is 2.73. The number of benzene rings is 2. The molecule has 30 heavy (non-hydrogen) atoms. The molecule has 164 valence electrons. The predicted octanol–water partition coefficient (Wildman–Crippen LogP) is 5.06. The number of ether oxygens (including phenoxy) is 1. The number of sulfone groups is 1. The van der Waals surface area contributed by atoms with Gasteiger partial charge in [0.1, 0.15) is 17.1 Å². The Labute approximate surface area is 178 Å². The molecule has 2 rings (SSSR count). The highest BCUT2D eigenvalue weighted by Crippen LogP contribution is 2.23. The highest BCUT2D eigenvalue weighted by atomic mass is 32.2. The van der Waals surface area contributed by atoms with Crippen LogP contribution in [0.2, 0.25) is 0 Å². The zero-order valence-corrected chi connectivity index (χ0v) is 17.9. The van der Waals surface area contributed by atoms with Gasteiger partial charge in [-0.15, -0.1) is 0 Å². The van der Waals surface area contributed by atoms with Crippen molar-refractivity contribution in [2.45, 2.75) is 56.3 Å². The Morgan fingerprint density at radius 3 is 2.07 bits per heavy atom. The highest BCUT2D eigenvalue weighted by Gasteiger charge is 2.13. The maximum atomic E-state index is 12.2. The second-order valence-corrected chi connectivity index (χ2v) is 9.40. The standard InChI is InChI=1S/C23H30O6S/c24-22-15-14-19(18-21(22)23(25)26)29-16-10-5-3-1-2-4-6-11-17-30(27,28)20-12-8-7-9-13-20/h7-9,12-15,18,24H,1-6,10-11,16-17H2,(H,25,26). The first-order valence-corrected chi connectivity index (χ1v) is 12.0. The minimum absolute atomic E-state index is 0.163. The normalized spacial score (nSPS) is 11.3. The van der Waals surface area contributed by atoms with Crippen LogP contribution in [0, 0.1) is 0 Å². The summed E-state index contributed by atoms with van der Waals surface area (Å²) in [4.78, 5) is 11.4. The quantitative estimate of drug-likeness (QED) is 0.403. The molecule has 0 spiro atoms. The molecular weight excluding hydrogens is 404 g/mol. The fraction of sp³-hybridized carbons (Fsp3) is 0.435. The molecule has 0 aromatic heterocycles. The van der Waals surface area contributed by atoms with Crippen LogP contribution in [0.3, 0.4) is 0 Å². The zero-order chi connectivity index (χ0) is 21.8. The second kappa shape index (κ2) is 12.2. The van der Waals surface area contributed by atoms with Crippen LogP contribution >= 0.6 is 0 Å².